The van der Waals surface area contributed by atoms with Gasteiger partial charge in [0.15, 0.2) is 0 Å². The summed E-state index contributed by atoms with van der Waals surface area (Å²) in [6.07, 6.45) is 12.6. The van der Waals surface area contributed by atoms with E-state index < -0.39 is 5.97 Å². The molecule has 1 aliphatic heterocycles. The molecule has 0 unspecified atom stereocenters. The van der Waals surface area contributed by atoms with Crippen molar-refractivity contribution in [3.05, 3.63) is 24.5 Å². The van der Waals surface area contributed by atoms with Gasteiger partial charge in [0.1, 0.15) is 0 Å². The number of hydrogen-bond donors (Lipinski definition) is 2. The van der Waals surface area contributed by atoms with Crippen molar-refractivity contribution in [2.75, 3.05) is 31.5 Å². The smallest absolute Gasteiger partial charge is 0.303 e. The van der Waals surface area contributed by atoms with Gasteiger partial charge in [0.05, 0.1) is 0 Å². The van der Waals surface area contributed by atoms with Gasteiger partial charge in [0, 0.05) is 31.0 Å². The number of rotatable bonds is 8. The molecule has 0 spiro atoms. The molecular formula is C21H33N3O2. The first-order chi connectivity index (χ1) is 12.7. The molecule has 1 aliphatic carbocycles. The van der Waals surface area contributed by atoms with Gasteiger partial charge in [-0.3, -0.25) is 9.78 Å². The van der Waals surface area contributed by atoms with E-state index in [0.717, 1.165) is 36.9 Å². The molecule has 3 rings (SSSR count). The van der Waals surface area contributed by atoms with Crippen LogP contribution in [0.3, 0.4) is 0 Å². The first-order valence-corrected chi connectivity index (χ1v) is 10.3. The Kier molecular flexibility index (Phi) is 7.30. The summed E-state index contributed by atoms with van der Waals surface area (Å²) in [6, 6.07) is 4.02. The number of pyridine rings is 1. The second kappa shape index (κ2) is 9.91. The molecule has 0 aromatic carbocycles. The summed E-state index contributed by atoms with van der Waals surface area (Å²) in [4.78, 5) is 17.5. The van der Waals surface area contributed by atoms with Crippen molar-refractivity contribution in [3.63, 3.8) is 0 Å². The minimum atomic E-state index is -0.625. The van der Waals surface area contributed by atoms with Crippen LogP contribution in [0.5, 0.6) is 0 Å². The van der Waals surface area contributed by atoms with Crippen molar-refractivity contribution in [1.29, 1.82) is 0 Å². The maximum absolute atomic E-state index is 10.9. The van der Waals surface area contributed by atoms with Crippen LogP contribution in [0.4, 0.5) is 5.69 Å². The third-order valence-electron chi connectivity index (χ3n) is 6.31. The summed E-state index contributed by atoms with van der Waals surface area (Å²) < 4.78 is 0. The molecule has 5 heteroatoms. The number of carbonyl (C=O) groups is 1. The molecule has 1 saturated heterocycles. The van der Waals surface area contributed by atoms with Crippen molar-refractivity contribution in [1.82, 2.24) is 9.88 Å². The van der Waals surface area contributed by atoms with Crippen LogP contribution in [0.15, 0.2) is 24.5 Å². The zero-order chi connectivity index (χ0) is 18.2. The van der Waals surface area contributed by atoms with Crippen LogP contribution in [0, 0.1) is 17.8 Å². The average molecular weight is 360 g/mol. The molecule has 0 radical (unpaired) electrons. The van der Waals surface area contributed by atoms with Crippen LogP contribution < -0.4 is 5.32 Å². The second-order valence-electron chi connectivity index (χ2n) is 8.07. The Morgan fingerprint density at radius 3 is 2.38 bits per heavy atom. The fraction of sp³-hybridized carbons (Fsp3) is 0.714. The number of carboxylic acid groups (broad SMARTS) is 1. The Bertz CT molecular complexity index is 535. The molecule has 144 valence electrons. The Hall–Kier alpha value is -1.62. The molecule has 1 aromatic heterocycles. The van der Waals surface area contributed by atoms with Crippen LogP contribution in [-0.4, -0.2) is 47.1 Å². The van der Waals surface area contributed by atoms with E-state index in [9.17, 15) is 4.79 Å². The highest BCUT2D eigenvalue weighted by atomic mass is 16.4. The first kappa shape index (κ1) is 19.2. The van der Waals surface area contributed by atoms with E-state index in [0.29, 0.717) is 12.3 Å². The maximum atomic E-state index is 10.9. The first-order valence-electron chi connectivity index (χ1n) is 10.3. The number of aromatic nitrogens is 1. The Balaban J connectivity index is 1.28. The van der Waals surface area contributed by atoms with Gasteiger partial charge >= 0.3 is 5.97 Å². The standard InChI is InChI=1S/C21H33N3O2/c25-21(26)16-17-2-4-18(5-3-17)19-8-14-24(15-9-19)13-1-10-23-20-6-11-22-12-7-20/h6-7,11-12,17-19H,1-5,8-10,13-16H2,(H,22,23)(H,25,26). The normalized spacial score (nSPS) is 25.1. The van der Waals surface area contributed by atoms with Crippen LogP contribution in [0.1, 0.15) is 51.4 Å². The third-order valence-corrected chi connectivity index (χ3v) is 6.31. The molecule has 0 bridgehead atoms. The lowest BCUT2D eigenvalue weighted by molar-refractivity contribution is -0.138. The molecule has 1 aromatic rings. The molecule has 1 saturated carbocycles. The van der Waals surface area contributed by atoms with E-state index in [-0.39, 0.29) is 0 Å². The van der Waals surface area contributed by atoms with E-state index in [1.165, 1.54) is 51.7 Å². The molecular weight excluding hydrogens is 326 g/mol. The van der Waals surface area contributed by atoms with Crippen LogP contribution >= 0.6 is 0 Å². The average Bonchev–Trinajstić information content (AvgIpc) is 2.67. The predicted octanol–water partition coefficient (Wildman–Crippen LogP) is 3.88. The summed E-state index contributed by atoms with van der Waals surface area (Å²) >= 11 is 0. The number of likely N-dealkylation sites (tertiary alicyclic amines) is 1. The molecule has 2 heterocycles. The predicted molar refractivity (Wildman–Crippen MR) is 104 cm³/mol. The quantitative estimate of drug-likeness (QED) is 0.690. The largest absolute Gasteiger partial charge is 0.481 e. The summed E-state index contributed by atoms with van der Waals surface area (Å²) in [7, 11) is 0. The Morgan fingerprint density at radius 1 is 1.08 bits per heavy atom. The zero-order valence-electron chi connectivity index (χ0n) is 15.8. The molecule has 26 heavy (non-hydrogen) atoms. The summed E-state index contributed by atoms with van der Waals surface area (Å²) in [5.74, 6) is 1.51. The van der Waals surface area contributed by atoms with Crippen molar-refractivity contribution in [2.45, 2.75) is 51.4 Å². The number of hydrogen-bond acceptors (Lipinski definition) is 4. The second-order valence-corrected chi connectivity index (χ2v) is 8.07. The maximum Gasteiger partial charge on any atom is 0.303 e. The minimum absolute atomic E-state index is 0.374. The molecule has 2 N–H and O–H groups in total. The van der Waals surface area contributed by atoms with Gasteiger partial charge in [-0.2, -0.15) is 0 Å². The fourth-order valence-electron chi connectivity index (χ4n) is 4.76. The van der Waals surface area contributed by atoms with Gasteiger partial charge in [-0.25, -0.2) is 0 Å². The number of piperidine rings is 1. The zero-order valence-corrected chi connectivity index (χ0v) is 15.8. The molecule has 2 fully saturated rings. The van der Waals surface area contributed by atoms with Gasteiger partial charge in [-0.05, 0) is 94.5 Å². The highest BCUT2D eigenvalue weighted by Crippen LogP contribution is 2.38. The number of carboxylic acids is 1. The number of nitrogens with zero attached hydrogens (tertiary/aromatic N) is 2. The lowest BCUT2D eigenvalue weighted by atomic mass is 9.72. The van der Waals surface area contributed by atoms with Crippen LogP contribution in [-0.2, 0) is 4.79 Å². The van der Waals surface area contributed by atoms with Crippen molar-refractivity contribution < 1.29 is 9.90 Å². The van der Waals surface area contributed by atoms with Crippen molar-refractivity contribution in [3.8, 4) is 0 Å². The fourth-order valence-corrected chi connectivity index (χ4v) is 4.76. The van der Waals surface area contributed by atoms with E-state index in [2.05, 4.69) is 15.2 Å². The summed E-state index contributed by atoms with van der Waals surface area (Å²) in [5.41, 5.74) is 1.15. The van der Waals surface area contributed by atoms with Crippen LogP contribution in [0.2, 0.25) is 0 Å². The molecule has 0 amide bonds. The lowest BCUT2D eigenvalue weighted by Crippen LogP contribution is -2.38. The van der Waals surface area contributed by atoms with Gasteiger partial charge in [0.2, 0.25) is 0 Å². The van der Waals surface area contributed by atoms with E-state index in [4.69, 9.17) is 5.11 Å². The van der Waals surface area contributed by atoms with Crippen molar-refractivity contribution >= 4 is 11.7 Å². The summed E-state index contributed by atoms with van der Waals surface area (Å²) in [5, 5.41) is 12.4. The highest BCUT2D eigenvalue weighted by Gasteiger charge is 2.30. The Labute approximate surface area is 157 Å². The molecule has 5 nitrogen and oxygen atoms in total. The third kappa shape index (κ3) is 5.97. The SMILES string of the molecule is O=C(O)CC1CCC(C2CCN(CCCNc3ccncc3)CC2)CC1. The van der Waals surface area contributed by atoms with Gasteiger partial charge < -0.3 is 15.3 Å². The van der Waals surface area contributed by atoms with Crippen molar-refractivity contribution in [2.24, 2.45) is 17.8 Å². The highest BCUT2D eigenvalue weighted by molar-refractivity contribution is 5.67. The minimum Gasteiger partial charge on any atom is -0.481 e. The van der Waals surface area contributed by atoms with Gasteiger partial charge in [0.25, 0.3) is 0 Å². The Morgan fingerprint density at radius 2 is 1.73 bits per heavy atom. The number of aliphatic carboxylic acids is 1. The van der Waals surface area contributed by atoms with Gasteiger partial charge in [-0.15, -0.1) is 0 Å². The summed E-state index contributed by atoms with van der Waals surface area (Å²) in [6.45, 7) is 4.65. The van der Waals surface area contributed by atoms with E-state index in [1.54, 1.807) is 0 Å². The van der Waals surface area contributed by atoms with Crippen LogP contribution in [0.25, 0.3) is 0 Å². The molecule has 2 aliphatic rings. The monoisotopic (exact) mass is 359 g/mol. The van der Waals surface area contributed by atoms with Gasteiger partial charge in [-0.1, -0.05) is 0 Å². The van der Waals surface area contributed by atoms with E-state index >= 15 is 0 Å². The molecule has 0 atom stereocenters. The lowest BCUT2D eigenvalue weighted by Gasteiger charge is -2.39. The van der Waals surface area contributed by atoms with E-state index in [1.807, 2.05) is 24.5 Å². The number of anilines is 1. The topological polar surface area (TPSA) is 65.5 Å². The number of nitrogens with one attached hydrogen (secondary N) is 1.